The normalized spacial score (nSPS) is 11.0. The van der Waals surface area contributed by atoms with Gasteiger partial charge in [-0.2, -0.15) is 0 Å². The second-order valence-electron chi connectivity index (χ2n) is 8.11. The topological polar surface area (TPSA) is 116 Å². The van der Waals surface area contributed by atoms with Gasteiger partial charge in [0.2, 0.25) is 0 Å². The Bertz CT molecular complexity index is 1510. The minimum absolute atomic E-state index is 0.00717. The highest BCUT2D eigenvalue weighted by Gasteiger charge is 2.16. The predicted molar refractivity (Wildman–Crippen MR) is 143 cm³/mol. The van der Waals surface area contributed by atoms with Crippen LogP contribution in [-0.4, -0.2) is 40.6 Å². The van der Waals surface area contributed by atoms with Crippen LogP contribution in [0.4, 0.5) is 5.69 Å². The van der Waals surface area contributed by atoms with Gasteiger partial charge in [-0.25, -0.2) is 4.98 Å². The molecule has 9 nitrogen and oxygen atoms in total. The zero-order chi connectivity index (χ0) is 26.4. The molecule has 0 fully saturated rings. The minimum atomic E-state index is -0.446. The van der Waals surface area contributed by atoms with Gasteiger partial charge in [0.05, 0.1) is 29.0 Å². The molecule has 1 heterocycles. The maximum Gasteiger partial charge on any atom is 0.269 e. The number of benzene rings is 3. The van der Waals surface area contributed by atoms with Gasteiger partial charge in [-0.3, -0.25) is 24.3 Å². The van der Waals surface area contributed by atoms with Crippen molar-refractivity contribution in [2.24, 2.45) is 0 Å². The highest BCUT2D eigenvalue weighted by molar-refractivity contribution is 7.98. The van der Waals surface area contributed by atoms with Crippen LogP contribution in [0, 0.1) is 10.1 Å². The summed E-state index contributed by atoms with van der Waals surface area (Å²) in [7, 11) is 1.55. The third kappa shape index (κ3) is 6.53. The number of non-ortho nitro benzene ring substituents is 1. The molecule has 37 heavy (non-hydrogen) atoms. The number of ether oxygens (including phenoxy) is 1. The van der Waals surface area contributed by atoms with Gasteiger partial charge in [0.1, 0.15) is 0 Å². The molecule has 0 saturated heterocycles. The maximum atomic E-state index is 13.5. The number of fused-ring (bicyclic) bond motifs is 1. The summed E-state index contributed by atoms with van der Waals surface area (Å²) in [4.78, 5) is 41.5. The van der Waals surface area contributed by atoms with Gasteiger partial charge in [-0.05, 0) is 41.5 Å². The van der Waals surface area contributed by atoms with Crippen molar-refractivity contribution in [2.45, 2.75) is 17.5 Å². The third-order valence-electron chi connectivity index (χ3n) is 5.52. The molecule has 1 amide bonds. The molecule has 0 atom stereocenters. The van der Waals surface area contributed by atoms with E-state index in [1.54, 1.807) is 54.1 Å². The number of thioether (sulfide) groups is 1. The molecule has 0 aliphatic rings. The van der Waals surface area contributed by atoms with Crippen LogP contribution >= 0.6 is 23.4 Å². The second kappa shape index (κ2) is 12.0. The number of carbonyl (C=O) groups excluding carboxylic acids is 1. The van der Waals surface area contributed by atoms with E-state index < -0.39 is 4.92 Å². The Hall–Kier alpha value is -3.73. The van der Waals surface area contributed by atoms with Crippen LogP contribution in [0.3, 0.4) is 0 Å². The molecule has 11 heteroatoms. The van der Waals surface area contributed by atoms with E-state index in [9.17, 15) is 19.7 Å². The fraction of sp³-hybridized carbons (Fsp3) is 0.192. The van der Waals surface area contributed by atoms with E-state index in [0.29, 0.717) is 45.5 Å². The molecule has 4 aromatic rings. The van der Waals surface area contributed by atoms with E-state index in [1.165, 1.54) is 23.9 Å². The number of carbonyl (C=O) groups is 1. The SMILES string of the molecule is COCCNC(=O)c1ccc2c(=O)n(Cc3ccc(Cl)cc3)c(SCc3cccc([N+](=O)[O-])c3)nc2c1. The molecule has 0 unspecified atom stereocenters. The molecule has 3 aromatic carbocycles. The van der Waals surface area contributed by atoms with Gasteiger partial charge in [-0.15, -0.1) is 0 Å². The lowest BCUT2D eigenvalue weighted by Gasteiger charge is -2.14. The van der Waals surface area contributed by atoms with Gasteiger partial charge in [0.25, 0.3) is 17.2 Å². The van der Waals surface area contributed by atoms with Crippen molar-refractivity contribution < 1.29 is 14.5 Å². The third-order valence-corrected chi connectivity index (χ3v) is 6.82. The number of hydrogen-bond acceptors (Lipinski definition) is 7. The van der Waals surface area contributed by atoms with Crippen molar-refractivity contribution in [1.82, 2.24) is 14.9 Å². The summed E-state index contributed by atoms with van der Waals surface area (Å²) < 4.78 is 6.52. The average Bonchev–Trinajstić information content (AvgIpc) is 2.90. The number of halogens is 1. The van der Waals surface area contributed by atoms with Crippen LogP contribution in [0.1, 0.15) is 21.5 Å². The quantitative estimate of drug-likeness (QED) is 0.102. The number of nitrogens with one attached hydrogen (secondary N) is 1. The molecular weight excluding hydrogens is 516 g/mol. The summed E-state index contributed by atoms with van der Waals surface area (Å²) in [5, 5.41) is 15.3. The van der Waals surface area contributed by atoms with Gasteiger partial charge >= 0.3 is 0 Å². The summed E-state index contributed by atoms with van der Waals surface area (Å²) in [6.07, 6.45) is 0. The number of amides is 1. The Morgan fingerprint density at radius 1 is 1.14 bits per heavy atom. The van der Waals surface area contributed by atoms with Gasteiger partial charge in [-0.1, -0.05) is 47.6 Å². The molecular formula is C26H23ClN4O5S. The van der Waals surface area contributed by atoms with E-state index in [2.05, 4.69) is 5.32 Å². The Labute approximate surface area is 221 Å². The molecule has 0 radical (unpaired) electrons. The zero-order valence-corrected chi connectivity index (χ0v) is 21.4. The summed E-state index contributed by atoms with van der Waals surface area (Å²) in [5.74, 6) is 0.0640. The highest BCUT2D eigenvalue weighted by Crippen LogP contribution is 2.25. The summed E-state index contributed by atoms with van der Waals surface area (Å²) in [6, 6.07) is 18.3. The van der Waals surface area contributed by atoms with Crippen LogP contribution in [0.15, 0.2) is 76.7 Å². The van der Waals surface area contributed by atoms with Crippen LogP contribution in [0.5, 0.6) is 0 Å². The molecule has 0 aliphatic carbocycles. The molecule has 1 aromatic heterocycles. The first-order chi connectivity index (χ1) is 17.9. The van der Waals surface area contributed by atoms with Crippen LogP contribution in [0.25, 0.3) is 10.9 Å². The van der Waals surface area contributed by atoms with Gasteiger partial charge in [0.15, 0.2) is 5.16 Å². The predicted octanol–water partition coefficient (Wildman–Crippen LogP) is 4.67. The van der Waals surface area contributed by atoms with Crippen molar-refractivity contribution >= 4 is 45.9 Å². The first kappa shape index (κ1) is 26.3. The highest BCUT2D eigenvalue weighted by atomic mass is 35.5. The Kier molecular flexibility index (Phi) is 8.54. The lowest BCUT2D eigenvalue weighted by atomic mass is 10.1. The van der Waals surface area contributed by atoms with E-state index in [4.69, 9.17) is 21.3 Å². The molecule has 1 N–H and O–H groups in total. The van der Waals surface area contributed by atoms with Crippen LogP contribution in [-0.2, 0) is 17.0 Å². The smallest absolute Gasteiger partial charge is 0.269 e. The van der Waals surface area contributed by atoms with Gasteiger partial charge < -0.3 is 10.1 Å². The Morgan fingerprint density at radius 3 is 2.65 bits per heavy atom. The van der Waals surface area contributed by atoms with Crippen LogP contribution in [0.2, 0.25) is 5.02 Å². The van der Waals surface area contributed by atoms with Gasteiger partial charge in [0, 0.05) is 42.1 Å². The largest absolute Gasteiger partial charge is 0.383 e. The summed E-state index contributed by atoms with van der Waals surface area (Å²) in [6.45, 7) is 0.995. The minimum Gasteiger partial charge on any atom is -0.383 e. The fourth-order valence-corrected chi connectivity index (χ4v) is 4.71. The van der Waals surface area contributed by atoms with Crippen LogP contribution < -0.4 is 10.9 Å². The summed E-state index contributed by atoms with van der Waals surface area (Å²) in [5.41, 5.74) is 2.08. The number of nitrogens with zero attached hydrogens (tertiary/aromatic N) is 3. The van der Waals surface area contributed by atoms with Crippen molar-refractivity contribution in [3.63, 3.8) is 0 Å². The maximum absolute atomic E-state index is 13.5. The first-order valence-electron chi connectivity index (χ1n) is 11.3. The molecule has 0 spiro atoms. The number of nitro groups is 1. The Morgan fingerprint density at radius 2 is 1.92 bits per heavy atom. The zero-order valence-electron chi connectivity index (χ0n) is 19.8. The lowest BCUT2D eigenvalue weighted by molar-refractivity contribution is -0.384. The molecule has 0 aliphatic heterocycles. The lowest BCUT2D eigenvalue weighted by Crippen LogP contribution is -2.27. The number of hydrogen-bond donors (Lipinski definition) is 1. The van der Waals surface area contributed by atoms with E-state index in [1.807, 2.05) is 12.1 Å². The molecule has 0 bridgehead atoms. The molecule has 190 valence electrons. The first-order valence-corrected chi connectivity index (χ1v) is 12.6. The Balaban J connectivity index is 1.72. The fourth-order valence-electron chi connectivity index (χ4n) is 3.64. The van der Waals surface area contributed by atoms with E-state index in [0.717, 1.165) is 11.1 Å². The number of aromatic nitrogens is 2. The van der Waals surface area contributed by atoms with Crippen molar-refractivity contribution in [3.8, 4) is 0 Å². The molecule has 4 rings (SSSR count). The van der Waals surface area contributed by atoms with Crippen molar-refractivity contribution in [3.05, 3.63) is 109 Å². The number of nitro benzene ring substituents is 1. The monoisotopic (exact) mass is 538 g/mol. The van der Waals surface area contributed by atoms with E-state index in [-0.39, 0.29) is 23.7 Å². The van der Waals surface area contributed by atoms with Crippen molar-refractivity contribution in [1.29, 1.82) is 0 Å². The van der Waals surface area contributed by atoms with E-state index >= 15 is 0 Å². The average molecular weight is 539 g/mol. The summed E-state index contributed by atoms with van der Waals surface area (Å²) >= 11 is 7.30. The number of methoxy groups -OCH3 is 1. The van der Waals surface area contributed by atoms with Crippen molar-refractivity contribution in [2.75, 3.05) is 20.3 Å². The standard InChI is InChI=1S/C26H23ClN4O5S/c1-36-12-11-28-24(32)19-7-10-22-23(14-19)29-26(37-16-18-3-2-4-21(13-18)31(34)35)30(25(22)33)15-17-5-8-20(27)9-6-17/h2-10,13-14H,11-12,15-16H2,1H3,(H,28,32). The molecule has 0 saturated carbocycles. The number of rotatable bonds is 10. The second-order valence-corrected chi connectivity index (χ2v) is 9.49.